The lowest BCUT2D eigenvalue weighted by Crippen LogP contribution is -2.25. The summed E-state index contributed by atoms with van der Waals surface area (Å²) in [7, 11) is 0. The Labute approximate surface area is 177 Å². The maximum Gasteiger partial charge on any atom is 0.263 e. The van der Waals surface area contributed by atoms with Crippen LogP contribution >= 0.6 is 11.3 Å². The van der Waals surface area contributed by atoms with Gasteiger partial charge in [0.25, 0.3) is 5.56 Å². The van der Waals surface area contributed by atoms with E-state index in [1.54, 1.807) is 10.8 Å². The molecule has 30 heavy (non-hydrogen) atoms. The van der Waals surface area contributed by atoms with E-state index in [1.165, 1.54) is 17.4 Å². The van der Waals surface area contributed by atoms with E-state index in [2.05, 4.69) is 9.97 Å². The van der Waals surface area contributed by atoms with Crippen LogP contribution in [0.1, 0.15) is 29.7 Å². The number of aromatic nitrogens is 3. The summed E-state index contributed by atoms with van der Waals surface area (Å²) in [6.07, 6.45) is 2.38. The molecule has 0 amide bonds. The molecule has 0 aliphatic carbocycles. The molecule has 0 bridgehead atoms. The molecule has 4 aromatic rings. The van der Waals surface area contributed by atoms with E-state index < -0.39 is 0 Å². The van der Waals surface area contributed by atoms with Gasteiger partial charge in [0.15, 0.2) is 5.75 Å². The van der Waals surface area contributed by atoms with E-state index in [9.17, 15) is 9.59 Å². The summed E-state index contributed by atoms with van der Waals surface area (Å²) in [5.74, 6) is 0.901. The molecule has 1 aromatic carbocycles. The second-order valence-corrected chi connectivity index (χ2v) is 8.37. The fourth-order valence-electron chi connectivity index (χ4n) is 3.52. The number of thiophene rings is 1. The Balaban J connectivity index is 1.80. The SMILES string of the molecule is CCCOc1c[nH]c(Cn2c(C)nc3sc(C)c(-c4ccccc4)c3c2=O)cc1=O. The first-order chi connectivity index (χ1) is 14.5. The second-order valence-electron chi connectivity index (χ2n) is 7.16. The first-order valence-electron chi connectivity index (χ1n) is 9.90. The van der Waals surface area contributed by atoms with Gasteiger partial charge in [0, 0.05) is 28.4 Å². The van der Waals surface area contributed by atoms with Crippen LogP contribution in [0.2, 0.25) is 0 Å². The number of rotatable bonds is 6. The van der Waals surface area contributed by atoms with Gasteiger partial charge < -0.3 is 9.72 Å². The quantitative estimate of drug-likeness (QED) is 0.504. The van der Waals surface area contributed by atoms with Crippen molar-refractivity contribution in [1.82, 2.24) is 14.5 Å². The first-order valence-corrected chi connectivity index (χ1v) is 10.7. The Morgan fingerprint density at radius 2 is 1.93 bits per heavy atom. The zero-order chi connectivity index (χ0) is 21.3. The zero-order valence-electron chi connectivity index (χ0n) is 17.2. The van der Waals surface area contributed by atoms with Crippen molar-refractivity contribution in [2.75, 3.05) is 6.61 Å². The summed E-state index contributed by atoms with van der Waals surface area (Å²) >= 11 is 1.53. The maximum absolute atomic E-state index is 13.5. The van der Waals surface area contributed by atoms with Gasteiger partial charge >= 0.3 is 0 Å². The van der Waals surface area contributed by atoms with Crippen LogP contribution in [-0.4, -0.2) is 21.1 Å². The molecule has 0 atom stereocenters. The number of aryl methyl sites for hydroxylation is 2. The molecule has 1 N–H and O–H groups in total. The standard InChI is InChI=1S/C23H23N3O3S/c1-4-10-29-19-12-24-17(11-18(19)27)13-26-15(3)25-22-21(23(26)28)20(14(2)30-22)16-8-6-5-7-9-16/h5-9,11-12H,4,10,13H2,1-3H3,(H,24,27). The highest BCUT2D eigenvalue weighted by Gasteiger charge is 2.18. The smallest absolute Gasteiger partial charge is 0.263 e. The molecule has 7 heteroatoms. The highest BCUT2D eigenvalue weighted by Crippen LogP contribution is 2.35. The number of hydrogen-bond donors (Lipinski definition) is 1. The molecule has 0 unspecified atom stereocenters. The summed E-state index contributed by atoms with van der Waals surface area (Å²) in [4.78, 5) is 35.3. The third-order valence-electron chi connectivity index (χ3n) is 4.97. The van der Waals surface area contributed by atoms with Crippen LogP contribution in [0.3, 0.4) is 0 Å². The van der Waals surface area contributed by atoms with Crippen LogP contribution in [0.15, 0.2) is 52.2 Å². The predicted octanol–water partition coefficient (Wildman–Crippen LogP) is 4.27. The molecule has 0 aliphatic rings. The lowest BCUT2D eigenvalue weighted by Gasteiger charge is -2.11. The summed E-state index contributed by atoms with van der Waals surface area (Å²) in [6, 6.07) is 11.4. The van der Waals surface area contributed by atoms with E-state index in [4.69, 9.17) is 4.74 Å². The molecule has 0 spiro atoms. The number of hydrogen-bond acceptors (Lipinski definition) is 5. The van der Waals surface area contributed by atoms with Gasteiger partial charge in [-0.25, -0.2) is 4.98 Å². The third-order valence-corrected chi connectivity index (χ3v) is 5.97. The number of ether oxygens (including phenoxy) is 1. The van der Waals surface area contributed by atoms with Crippen molar-refractivity contribution in [2.24, 2.45) is 0 Å². The van der Waals surface area contributed by atoms with Gasteiger partial charge in [-0.2, -0.15) is 0 Å². The Morgan fingerprint density at radius 3 is 2.63 bits per heavy atom. The van der Waals surface area contributed by atoms with E-state index in [-0.39, 0.29) is 23.3 Å². The van der Waals surface area contributed by atoms with Crippen LogP contribution in [0, 0.1) is 13.8 Å². The molecule has 4 rings (SSSR count). The number of pyridine rings is 1. The van der Waals surface area contributed by atoms with E-state index in [0.717, 1.165) is 27.3 Å². The molecule has 6 nitrogen and oxygen atoms in total. The molecule has 0 radical (unpaired) electrons. The largest absolute Gasteiger partial charge is 0.488 e. The topological polar surface area (TPSA) is 77.0 Å². The van der Waals surface area contributed by atoms with E-state index >= 15 is 0 Å². The summed E-state index contributed by atoms with van der Waals surface area (Å²) in [5.41, 5.74) is 2.25. The molecule has 3 heterocycles. The van der Waals surface area contributed by atoms with Gasteiger partial charge in [-0.1, -0.05) is 37.3 Å². The monoisotopic (exact) mass is 421 g/mol. The van der Waals surface area contributed by atoms with E-state index in [0.29, 0.717) is 23.5 Å². The van der Waals surface area contributed by atoms with Gasteiger partial charge in [0.2, 0.25) is 5.43 Å². The second kappa shape index (κ2) is 8.28. The summed E-state index contributed by atoms with van der Waals surface area (Å²) in [5, 5.41) is 0.625. The molecular weight excluding hydrogens is 398 g/mol. The van der Waals surface area contributed by atoms with Crippen LogP contribution in [0.25, 0.3) is 21.3 Å². The molecular formula is C23H23N3O3S. The van der Waals surface area contributed by atoms with Crippen LogP contribution in [-0.2, 0) is 6.54 Å². The molecule has 154 valence electrons. The third kappa shape index (κ3) is 3.68. The van der Waals surface area contributed by atoms with Crippen molar-refractivity contribution in [3.05, 3.63) is 79.6 Å². The first kappa shape index (κ1) is 20.1. The predicted molar refractivity (Wildman–Crippen MR) is 121 cm³/mol. The van der Waals surface area contributed by atoms with Crippen LogP contribution in [0.5, 0.6) is 5.75 Å². The lowest BCUT2D eigenvalue weighted by atomic mass is 10.0. The average molecular weight is 422 g/mol. The van der Waals surface area contributed by atoms with Crippen molar-refractivity contribution in [1.29, 1.82) is 0 Å². The van der Waals surface area contributed by atoms with Crippen molar-refractivity contribution >= 4 is 21.6 Å². The maximum atomic E-state index is 13.5. The fourth-order valence-corrected chi connectivity index (χ4v) is 4.60. The molecule has 0 saturated carbocycles. The Morgan fingerprint density at radius 1 is 1.17 bits per heavy atom. The Hall–Kier alpha value is -3.19. The van der Waals surface area contributed by atoms with Gasteiger partial charge in [-0.15, -0.1) is 11.3 Å². The summed E-state index contributed by atoms with van der Waals surface area (Å²) < 4.78 is 7.05. The van der Waals surface area contributed by atoms with E-state index in [1.807, 2.05) is 51.1 Å². The average Bonchev–Trinajstić information content (AvgIpc) is 3.07. The Bertz CT molecular complexity index is 1320. The summed E-state index contributed by atoms with van der Waals surface area (Å²) in [6.45, 7) is 6.54. The zero-order valence-corrected chi connectivity index (χ0v) is 18.0. The van der Waals surface area contributed by atoms with Crippen molar-refractivity contribution < 1.29 is 4.74 Å². The van der Waals surface area contributed by atoms with Crippen LogP contribution in [0.4, 0.5) is 0 Å². The van der Waals surface area contributed by atoms with Gasteiger partial charge in [-0.05, 0) is 25.8 Å². The number of nitrogens with zero attached hydrogens (tertiary/aromatic N) is 2. The minimum atomic E-state index is -0.201. The minimum Gasteiger partial charge on any atom is -0.488 e. The molecule has 0 fully saturated rings. The van der Waals surface area contributed by atoms with Crippen molar-refractivity contribution in [3.63, 3.8) is 0 Å². The fraction of sp³-hybridized carbons (Fsp3) is 0.261. The highest BCUT2D eigenvalue weighted by atomic mass is 32.1. The highest BCUT2D eigenvalue weighted by molar-refractivity contribution is 7.19. The van der Waals surface area contributed by atoms with Gasteiger partial charge in [0.1, 0.15) is 10.7 Å². The van der Waals surface area contributed by atoms with Crippen molar-refractivity contribution in [3.8, 4) is 16.9 Å². The van der Waals surface area contributed by atoms with Crippen molar-refractivity contribution in [2.45, 2.75) is 33.7 Å². The molecule has 0 aliphatic heterocycles. The normalized spacial score (nSPS) is 11.2. The van der Waals surface area contributed by atoms with Crippen LogP contribution < -0.4 is 15.7 Å². The van der Waals surface area contributed by atoms with Gasteiger partial charge in [0.05, 0.1) is 18.5 Å². The number of aromatic amines is 1. The molecule has 3 aromatic heterocycles. The number of nitrogens with one attached hydrogen (secondary N) is 1. The van der Waals surface area contributed by atoms with Gasteiger partial charge in [-0.3, -0.25) is 14.2 Å². The Kier molecular flexibility index (Phi) is 5.55. The minimum absolute atomic E-state index is 0.104. The molecule has 0 saturated heterocycles. The lowest BCUT2D eigenvalue weighted by molar-refractivity contribution is 0.313. The number of fused-ring (bicyclic) bond motifs is 1. The number of benzene rings is 1. The number of H-pyrrole nitrogens is 1.